The predicted octanol–water partition coefficient (Wildman–Crippen LogP) is 0.197. The number of carboxylic acid groups (broad SMARTS) is 1. The fourth-order valence-corrected chi connectivity index (χ4v) is 1.64. The van der Waals surface area contributed by atoms with Crippen LogP contribution in [0.5, 0.6) is 0 Å². The summed E-state index contributed by atoms with van der Waals surface area (Å²) < 4.78 is 0. The molecule has 1 fully saturated rings. The largest absolute Gasteiger partial charge is 0.480 e. The van der Waals surface area contributed by atoms with Crippen molar-refractivity contribution in [2.75, 3.05) is 33.2 Å². The van der Waals surface area contributed by atoms with E-state index in [1.165, 1.54) is 17.7 Å². The first kappa shape index (κ1) is 13.8. The van der Waals surface area contributed by atoms with E-state index in [-0.39, 0.29) is 12.6 Å². The molecule has 1 rings (SSSR count). The summed E-state index contributed by atoms with van der Waals surface area (Å²) >= 11 is 0. The van der Waals surface area contributed by atoms with Crippen LogP contribution in [0.4, 0.5) is 4.79 Å². The molecule has 0 aromatic heterocycles. The van der Waals surface area contributed by atoms with Gasteiger partial charge in [-0.25, -0.2) is 4.79 Å². The average Bonchev–Trinajstić information content (AvgIpc) is 3.08. The van der Waals surface area contributed by atoms with Gasteiger partial charge < -0.3 is 20.2 Å². The van der Waals surface area contributed by atoms with Gasteiger partial charge in [-0.3, -0.25) is 4.79 Å². The summed E-state index contributed by atoms with van der Waals surface area (Å²) in [7, 11) is 2.04. The molecule has 6 nitrogen and oxygen atoms in total. The van der Waals surface area contributed by atoms with Crippen LogP contribution in [0, 0.1) is 0 Å². The van der Waals surface area contributed by atoms with E-state index in [2.05, 4.69) is 10.2 Å². The van der Waals surface area contributed by atoms with E-state index in [1.54, 1.807) is 6.92 Å². The molecule has 2 amide bonds. The fraction of sp³-hybridized carbons (Fsp3) is 0.818. The molecule has 0 aromatic rings. The Bertz CT molecular complexity index is 279. The van der Waals surface area contributed by atoms with Gasteiger partial charge >= 0.3 is 12.0 Å². The minimum Gasteiger partial charge on any atom is -0.480 e. The van der Waals surface area contributed by atoms with E-state index in [0.717, 1.165) is 6.54 Å². The highest BCUT2D eigenvalue weighted by molar-refractivity contribution is 5.79. The number of amides is 2. The van der Waals surface area contributed by atoms with Gasteiger partial charge in [0.15, 0.2) is 0 Å². The number of likely N-dealkylation sites (N-methyl/N-ethyl adjacent to an activating group) is 2. The van der Waals surface area contributed by atoms with Crippen LogP contribution >= 0.6 is 0 Å². The van der Waals surface area contributed by atoms with Gasteiger partial charge in [0, 0.05) is 25.7 Å². The summed E-state index contributed by atoms with van der Waals surface area (Å²) in [6, 6.07) is 0.368. The molecule has 0 spiro atoms. The first-order valence-electron chi connectivity index (χ1n) is 5.99. The lowest BCUT2D eigenvalue weighted by Crippen LogP contribution is -2.44. The van der Waals surface area contributed by atoms with Crippen LogP contribution in [0.2, 0.25) is 0 Å². The van der Waals surface area contributed by atoms with Crippen LogP contribution in [-0.4, -0.2) is 66.2 Å². The number of carbonyl (C=O) groups is 2. The Morgan fingerprint density at radius 3 is 2.53 bits per heavy atom. The molecule has 1 aliphatic carbocycles. The Labute approximate surface area is 102 Å². The summed E-state index contributed by atoms with van der Waals surface area (Å²) in [6.45, 7) is 3.28. The molecular weight excluding hydrogens is 222 g/mol. The van der Waals surface area contributed by atoms with E-state index in [1.807, 2.05) is 7.05 Å². The standard InChI is InChI=1S/C11H21N3O3/c1-3-14(8-10(15)16)11(17)12-6-7-13(2)9-4-5-9/h9H,3-8H2,1-2H3,(H,12,17)(H,15,16). The Kier molecular flexibility index (Phi) is 5.21. The number of carbonyl (C=O) groups excluding carboxylic acids is 1. The van der Waals surface area contributed by atoms with E-state index >= 15 is 0 Å². The minimum absolute atomic E-state index is 0.249. The Morgan fingerprint density at radius 1 is 1.41 bits per heavy atom. The molecule has 0 aliphatic heterocycles. The highest BCUT2D eigenvalue weighted by Gasteiger charge is 2.25. The zero-order chi connectivity index (χ0) is 12.8. The molecule has 0 unspecified atom stereocenters. The van der Waals surface area contributed by atoms with Crippen molar-refractivity contribution < 1.29 is 14.7 Å². The monoisotopic (exact) mass is 243 g/mol. The first-order valence-corrected chi connectivity index (χ1v) is 5.99. The second kappa shape index (κ2) is 6.44. The fourth-order valence-electron chi connectivity index (χ4n) is 1.64. The molecule has 0 bridgehead atoms. The zero-order valence-electron chi connectivity index (χ0n) is 10.5. The second-order valence-electron chi connectivity index (χ2n) is 4.35. The van der Waals surface area contributed by atoms with Crippen LogP contribution in [-0.2, 0) is 4.79 Å². The van der Waals surface area contributed by atoms with Crippen molar-refractivity contribution in [1.29, 1.82) is 0 Å². The highest BCUT2D eigenvalue weighted by Crippen LogP contribution is 2.24. The molecule has 1 aliphatic rings. The quantitative estimate of drug-likeness (QED) is 0.670. The van der Waals surface area contributed by atoms with Crippen LogP contribution in [0.15, 0.2) is 0 Å². The van der Waals surface area contributed by atoms with Crippen LogP contribution < -0.4 is 5.32 Å². The molecule has 0 atom stereocenters. The van der Waals surface area contributed by atoms with E-state index in [4.69, 9.17) is 5.11 Å². The smallest absolute Gasteiger partial charge is 0.323 e. The SMILES string of the molecule is CCN(CC(=O)O)C(=O)NCCN(C)C1CC1. The van der Waals surface area contributed by atoms with Gasteiger partial charge in [-0.05, 0) is 26.8 Å². The number of carboxylic acids is 1. The summed E-state index contributed by atoms with van der Waals surface area (Å²) in [5.74, 6) is -0.989. The molecule has 0 saturated heterocycles. The number of aliphatic carboxylic acids is 1. The Balaban J connectivity index is 2.19. The lowest BCUT2D eigenvalue weighted by molar-refractivity contribution is -0.137. The number of hydrogen-bond acceptors (Lipinski definition) is 3. The van der Waals surface area contributed by atoms with Crippen molar-refractivity contribution >= 4 is 12.0 Å². The van der Waals surface area contributed by atoms with Gasteiger partial charge in [0.2, 0.25) is 0 Å². The normalized spacial score (nSPS) is 14.8. The maximum atomic E-state index is 11.6. The summed E-state index contributed by atoms with van der Waals surface area (Å²) in [5, 5.41) is 11.4. The second-order valence-corrected chi connectivity index (χ2v) is 4.35. The molecule has 17 heavy (non-hydrogen) atoms. The van der Waals surface area contributed by atoms with Crippen molar-refractivity contribution in [1.82, 2.24) is 15.1 Å². The van der Waals surface area contributed by atoms with Crippen LogP contribution in [0.1, 0.15) is 19.8 Å². The summed E-state index contributed by atoms with van der Waals surface area (Å²) in [6.07, 6.45) is 2.48. The molecule has 6 heteroatoms. The first-order chi connectivity index (χ1) is 8.04. The predicted molar refractivity (Wildman–Crippen MR) is 63.9 cm³/mol. The van der Waals surface area contributed by atoms with Gasteiger partial charge in [0.05, 0.1) is 0 Å². The minimum atomic E-state index is -0.989. The lowest BCUT2D eigenvalue weighted by atomic mass is 10.5. The maximum Gasteiger partial charge on any atom is 0.323 e. The maximum absolute atomic E-state index is 11.6. The number of hydrogen-bond donors (Lipinski definition) is 2. The Hall–Kier alpha value is -1.30. The zero-order valence-corrected chi connectivity index (χ0v) is 10.5. The van der Waals surface area contributed by atoms with Crippen molar-refractivity contribution in [3.8, 4) is 0 Å². The molecule has 0 heterocycles. The number of nitrogens with zero attached hydrogens (tertiary/aromatic N) is 2. The molecule has 98 valence electrons. The number of rotatable bonds is 7. The van der Waals surface area contributed by atoms with Gasteiger partial charge in [0.25, 0.3) is 0 Å². The van der Waals surface area contributed by atoms with Crippen molar-refractivity contribution in [2.45, 2.75) is 25.8 Å². The van der Waals surface area contributed by atoms with Gasteiger partial charge in [0.1, 0.15) is 6.54 Å². The number of nitrogens with one attached hydrogen (secondary N) is 1. The van der Waals surface area contributed by atoms with Crippen LogP contribution in [0.3, 0.4) is 0 Å². The molecule has 1 saturated carbocycles. The van der Waals surface area contributed by atoms with E-state index < -0.39 is 5.97 Å². The van der Waals surface area contributed by atoms with Crippen molar-refractivity contribution in [3.63, 3.8) is 0 Å². The average molecular weight is 243 g/mol. The molecule has 2 N–H and O–H groups in total. The van der Waals surface area contributed by atoms with Gasteiger partial charge in [-0.1, -0.05) is 0 Å². The third-order valence-corrected chi connectivity index (χ3v) is 2.91. The van der Waals surface area contributed by atoms with Gasteiger partial charge in [-0.2, -0.15) is 0 Å². The number of urea groups is 1. The lowest BCUT2D eigenvalue weighted by Gasteiger charge is -2.21. The van der Waals surface area contributed by atoms with Crippen molar-refractivity contribution in [2.24, 2.45) is 0 Å². The van der Waals surface area contributed by atoms with E-state index in [9.17, 15) is 9.59 Å². The van der Waals surface area contributed by atoms with Crippen molar-refractivity contribution in [3.05, 3.63) is 0 Å². The summed E-state index contributed by atoms with van der Waals surface area (Å²) in [4.78, 5) is 25.6. The molecular formula is C11H21N3O3. The topological polar surface area (TPSA) is 72.9 Å². The van der Waals surface area contributed by atoms with Crippen LogP contribution in [0.25, 0.3) is 0 Å². The third-order valence-electron chi connectivity index (χ3n) is 2.91. The summed E-state index contributed by atoms with van der Waals surface area (Å²) in [5.41, 5.74) is 0. The molecule has 0 radical (unpaired) electrons. The third kappa shape index (κ3) is 5.04. The van der Waals surface area contributed by atoms with E-state index in [0.29, 0.717) is 19.1 Å². The van der Waals surface area contributed by atoms with Gasteiger partial charge in [-0.15, -0.1) is 0 Å². The highest BCUT2D eigenvalue weighted by atomic mass is 16.4. The molecule has 0 aromatic carbocycles. The Morgan fingerprint density at radius 2 is 2.06 bits per heavy atom.